The van der Waals surface area contributed by atoms with Crippen LogP contribution in [0.2, 0.25) is 0 Å². The Labute approximate surface area is 100 Å². The second-order valence-corrected chi connectivity index (χ2v) is 3.80. The normalized spacial score (nSPS) is 10.0. The lowest BCUT2D eigenvalue weighted by Crippen LogP contribution is -1.98. The third kappa shape index (κ3) is 2.66. The van der Waals surface area contributed by atoms with Gasteiger partial charge >= 0.3 is 0 Å². The number of hydrogen-bond acceptors (Lipinski definition) is 4. The Balaban J connectivity index is 2.25. The minimum absolute atomic E-state index is 0.536. The summed E-state index contributed by atoms with van der Waals surface area (Å²) in [6, 6.07) is 9.85. The SMILES string of the molecule is COc1cc(Nc2ccc(C)cc2)c(N)cn1. The van der Waals surface area contributed by atoms with Gasteiger partial charge < -0.3 is 15.8 Å². The van der Waals surface area contributed by atoms with Crippen LogP contribution in [-0.2, 0) is 0 Å². The number of ether oxygens (including phenoxy) is 1. The lowest BCUT2D eigenvalue weighted by molar-refractivity contribution is 0.398. The molecule has 0 saturated heterocycles. The molecule has 0 aliphatic heterocycles. The van der Waals surface area contributed by atoms with E-state index in [4.69, 9.17) is 10.5 Å². The van der Waals surface area contributed by atoms with Crippen molar-refractivity contribution in [2.24, 2.45) is 0 Å². The standard InChI is InChI=1S/C13H15N3O/c1-9-3-5-10(6-4-9)16-12-7-13(17-2)15-8-11(12)14/h3-8H,14H2,1-2H3,(H,15,16). The monoisotopic (exact) mass is 229 g/mol. The number of pyridine rings is 1. The fraction of sp³-hybridized carbons (Fsp3) is 0.154. The van der Waals surface area contributed by atoms with Crippen LogP contribution in [-0.4, -0.2) is 12.1 Å². The summed E-state index contributed by atoms with van der Waals surface area (Å²) >= 11 is 0. The van der Waals surface area contributed by atoms with Gasteiger partial charge in [-0.15, -0.1) is 0 Å². The van der Waals surface area contributed by atoms with Gasteiger partial charge in [0.15, 0.2) is 0 Å². The van der Waals surface area contributed by atoms with Gasteiger partial charge in [-0.25, -0.2) is 4.98 Å². The molecule has 4 heteroatoms. The van der Waals surface area contributed by atoms with Crippen molar-refractivity contribution >= 4 is 17.1 Å². The van der Waals surface area contributed by atoms with E-state index in [1.165, 1.54) is 5.56 Å². The first-order chi connectivity index (χ1) is 8.19. The molecule has 2 rings (SSSR count). The van der Waals surface area contributed by atoms with Gasteiger partial charge in [0.1, 0.15) is 0 Å². The van der Waals surface area contributed by atoms with E-state index in [-0.39, 0.29) is 0 Å². The van der Waals surface area contributed by atoms with E-state index in [9.17, 15) is 0 Å². The highest BCUT2D eigenvalue weighted by Gasteiger charge is 2.03. The summed E-state index contributed by atoms with van der Waals surface area (Å²) in [5, 5.41) is 3.23. The Morgan fingerprint density at radius 2 is 1.94 bits per heavy atom. The predicted molar refractivity (Wildman–Crippen MR) is 69.7 cm³/mol. The number of nitrogens with two attached hydrogens (primary N) is 1. The fourth-order valence-electron chi connectivity index (χ4n) is 1.46. The van der Waals surface area contributed by atoms with E-state index in [0.29, 0.717) is 11.6 Å². The maximum Gasteiger partial charge on any atom is 0.215 e. The summed E-state index contributed by atoms with van der Waals surface area (Å²) in [5.41, 5.74) is 9.42. The zero-order chi connectivity index (χ0) is 12.3. The van der Waals surface area contributed by atoms with Gasteiger partial charge in [0, 0.05) is 11.8 Å². The summed E-state index contributed by atoms with van der Waals surface area (Å²) in [6.07, 6.45) is 1.58. The zero-order valence-electron chi connectivity index (χ0n) is 9.90. The van der Waals surface area contributed by atoms with Crippen molar-refractivity contribution < 1.29 is 4.74 Å². The quantitative estimate of drug-likeness (QED) is 0.849. The molecule has 1 aromatic carbocycles. The molecule has 1 aromatic heterocycles. The summed E-state index contributed by atoms with van der Waals surface area (Å²) < 4.78 is 5.06. The molecular formula is C13H15N3O. The third-order valence-corrected chi connectivity index (χ3v) is 2.45. The third-order valence-electron chi connectivity index (χ3n) is 2.45. The van der Waals surface area contributed by atoms with Gasteiger partial charge in [-0.2, -0.15) is 0 Å². The van der Waals surface area contributed by atoms with Gasteiger partial charge in [0.25, 0.3) is 0 Å². The molecule has 0 unspecified atom stereocenters. The number of nitrogen functional groups attached to an aromatic ring is 1. The topological polar surface area (TPSA) is 60.2 Å². The summed E-state index contributed by atoms with van der Waals surface area (Å²) in [7, 11) is 1.58. The van der Waals surface area contributed by atoms with Crippen LogP contribution in [0.5, 0.6) is 5.88 Å². The molecule has 0 spiro atoms. The predicted octanol–water partition coefficient (Wildman–Crippen LogP) is 2.72. The number of benzene rings is 1. The first-order valence-electron chi connectivity index (χ1n) is 5.32. The maximum absolute atomic E-state index is 5.84. The maximum atomic E-state index is 5.84. The Morgan fingerprint density at radius 1 is 1.24 bits per heavy atom. The van der Waals surface area contributed by atoms with Crippen molar-refractivity contribution in [3.8, 4) is 5.88 Å². The average molecular weight is 229 g/mol. The number of methoxy groups -OCH3 is 1. The second kappa shape index (κ2) is 4.74. The minimum Gasteiger partial charge on any atom is -0.481 e. The number of aromatic nitrogens is 1. The van der Waals surface area contributed by atoms with Crippen molar-refractivity contribution in [1.29, 1.82) is 0 Å². The van der Waals surface area contributed by atoms with E-state index in [1.54, 1.807) is 19.4 Å². The van der Waals surface area contributed by atoms with Crippen LogP contribution in [0.15, 0.2) is 36.5 Å². The highest BCUT2D eigenvalue weighted by atomic mass is 16.5. The van der Waals surface area contributed by atoms with Gasteiger partial charge in [-0.1, -0.05) is 17.7 Å². The molecule has 0 atom stereocenters. The van der Waals surface area contributed by atoms with Crippen LogP contribution in [0, 0.1) is 6.92 Å². The molecule has 4 nitrogen and oxygen atoms in total. The van der Waals surface area contributed by atoms with Crippen molar-refractivity contribution in [2.75, 3.05) is 18.2 Å². The Morgan fingerprint density at radius 3 is 2.59 bits per heavy atom. The van der Waals surface area contributed by atoms with Crippen molar-refractivity contribution in [3.05, 3.63) is 42.1 Å². The smallest absolute Gasteiger partial charge is 0.215 e. The van der Waals surface area contributed by atoms with Crippen LogP contribution >= 0.6 is 0 Å². The summed E-state index contributed by atoms with van der Waals surface area (Å²) in [6.45, 7) is 2.05. The largest absolute Gasteiger partial charge is 0.481 e. The number of nitrogens with one attached hydrogen (secondary N) is 1. The molecule has 0 saturated carbocycles. The van der Waals surface area contributed by atoms with Crippen LogP contribution in [0.25, 0.3) is 0 Å². The first kappa shape index (κ1) is 11.3. The van der Waals surface area contributed by atoms with Gasteiger partial charge in [0.2, 0.25) is 5.88 Å². The number of anilines is 3. The Hall–Kier alpha value is -2.23. The molecule has 0 radical (unpaired) electrons. The van der Waals surface area contributed by atoms with E-state index >= 15 is 0 Å². The lowest BCUT2D eigenvalue weighted by Gasteiger charge is -2.10. The molecule has 0 amide bonds. The number of hydrogen-bond donors (Lipinski definition) is 2. The molecular weight excluding hydrogens is 214 g/mol. The summed E-state index contributed by atoms with van der Waals surface area (Å²) in [5.74, 6) is 0.536. The van der Waals surface area contributed by atoms with Gasteiger partial charge in [0.05, 0.1) is 24.7 Å². The summed E-state index contributed by atoms with van der Waals surface area (Å²) in [4.78, 5) is 4.03. The lowest BCUT2D eigenvalue weighted by atomic mass is 10.2. The van der Waals surface area contributed by atoms with Crippen LogP contribution in [0.4, 0.5) is 17.1 Å². The number of nitrogens with zero attached hydrogens (tertiary/aromatic N) is 1. The molecule has 1 heterocycles. The van der Waals surface area contributed by atoms with E-state index in [0.717, 1.165) is 11.4 Å². The Kier molecular flexibility index (Phi) is 3.14. The molecule has 0 bridgehead atoms. The van der Waals surface area contributed by atoms with Crippen molar-refractivity contribution in [3.63, 3.8) is 0 Å². The van der Waals surface area contributed by atoms with Gasteiger partial charge in [-0.3, -0.25) is 0 Å². The number of rotatable bonds is 3. The fourth-order valence-corrected chi connectivity index (χ4v) is 1.46. The van der Waals surface area contributed by atoms with E-state index in [2.05, 4.69) is 10.3 Å². The zero-order valence-corrected chi connectivity index (χ0v) is 9.90. The highest BCUT2D eigenvalue weighted by Crippen LogP contribution is 2.25. The van der Waals surface area contributed by atoms with Crippen molar-refractivity contribution in [1.82, 2.24) is 4.98 Å². The second-order valence-electron chi connectivity index (χ2n) is 3.80. The van der Waals surface area contributed by atoms with Crippen LogP contribution in [0.3, 0.4) is 0 Å². The van der Waals surface area contributed by atoms with E-state index in [1.807, 2.05) is 31.2 Å². The molecule has 3 N–H and O–H groups in total. The molecule has 17 heavy (non-hydrogen) atoms. The van der Waals surface area contributed by atoms with Crippen LogP contribution in [0.1, 0.15) is 5.56 Å². The van der Waals surface area contributed by atoms with Crippen LogP contribution < -0.4 is 15.8 Å². The van der Waals surface area contributed by atoms with Crippen molar-refractivity contribution in [2.45, 2.75) is 6.92 Å². The van der Waals surface area contributed by atoms with E-state index < -0.39 is 0 Å². The van der Waals surface area contributed by atoms with Gasteiger partial charge in [-0.05, 0) is 19.1 Å². The first-order valence-corrected chi connectivity index (χ1v) is 5.32. The number of aryl methyl sites for hydroxylation is 1. The molecule has 88 valence electrons. The molecule has 0 aliphatic rings. The Bertz CT molecular complexity index is 509. The molecule has 2 aromatic rings. The minimum atomic E-state index is 0.536. The highest BCUT2D eigenvalue weighted by molar-refractivity contribution is 5.72. The molecule has 0 fully saturated rings. The molecule has 0 aliphatic carbocycles. The average Bonchev–Trinajstić information content (AvgIpc) is 2.35.